The van der Waals surface area contributed by atoms with E-state index in [1.165, 1.54) is 84.3 Å². The SMILES string of the molecule is CC(NCCN1CCC(CN2CCCC2)CC1)C1CC1. The van der Waals surface area contributed by atoms with Gasteiger partial charge in [0.15, 0.2) is 0 Å². The predicted octanol–water partition coefficient (Wildman–Crippen LogP) is 2.18. The molecule has 0 aromatic heterocycles. The summed E-state index contributed by atoms with van der Waals surface area (Å²) >= 11 is 0. The van der Waals surface area contributed by atoms with E-state index in [0.717, 1.165) is 17.9 Å². The van der Waals surface area contributed by atoms with Crippen LogP contribution in [-0.2, 0) is 0 Å². The van der Waals surface area contributed by atoms with Gasteiger partial charge in [0.25, 0.3) is 0 Å². The molecular formula is C17H33N3. The largest absolute Gasteiger partial charge is 0.313 e. The molecule has 1 aliphatic carbocycles. The molecule has 0 aromatic rings. The predicted molar refractivity (Wildman–Crippen MR) is 85.0 cm³/mol. The van der Waals surface area contributed by atoms with Gasteiger partial charge < -0.3 is 15.1 Å². The maximum atomic E-state index is 3.71. The Labute approximate surface area is 125 Å². The van der Waals surface area contributed by atoms with Crippen molar-refractivity contribution in [3.05, 3.63) is 0 Å². The Morgan fingerprint density at radius 2 is 1.65 bits per heavy atom. The molecule has 0 bridgehead atoms. The lowest BCUT2D eigenvalue weighted by molar-refractivity contribution is 0.153. The number of rotatable bonds is 7. The van der Waals surface area contributed by atoms with Crippen LogP contribution in [0.25, 0.3) is 0 Å². The zero-order valence-electron chi connectivity index (χ0n) is 13.3. The van der Waals surface area contributed by atoms with Crippen LogP contribution in [0.15, 0.2) is 0 Å². The molecule has 2 aliphatic heterocycles. The molecule has 20 heavy (non-hydrogen) atoms. The third-order valence-corrected chi connectivity index (χ3v) is 5.65. The lowest BCUT2D eigenvalue weighted by Crippen LogP contribution is -2.42. The summed E-state index contributed by atoms with van der Waals surface area (Å²) in [6.07, 6.45) is 8.63. The Morgan fingerprint density at radius 1 is 0.950 bits per heavy atom. The quantitative estimate of drug-likeness (QED) is 0.770. The van der Waals surface area contributed by atoms with Gasteiger partial charge in [-0.2, -0.15) is 0 Å². The fourth-order valence-corrected chi connectivity index (χ4v) is 3.94. The highest BCUT2D eigenvalue weighted by molar-refractivity contribution is 4.83. The van der Waals surface area contributed by atoms with Gasteiger partial charge in [0.2, 0.25) is 0 Å². The Kier molecular flexibility index (Phi) is 5.36. The normalized spacial score (nSPS) is 28.1. The van der Waals surface area contributed by atoms with Gasteiger partial charge in [0.1, 0.15) is 0 Å². The van der Waals surface area contributed by atoms with Gasteiger partial charge in [-0.15, -0.1) is 0 Å². The average Bonchev–Trinajstić information content (AvgIpc) is 3.20. The minimum absolute atomic E-state index is 0.753. The second-order valence-electron chi connectivity index (χ2n) is 7.37. The van der Waals surface area contributed by atoms with Crippen LogP contribution in [-0.4, -0.2) is 61.7 Å². The lowest BCUT2D eigenvalue weighted by Gasteiger charge is -2.34. The summed E-state index contributed by atoms with van der Waals surface area (Å²) in [5.41, 5.74) is 0. The van der Waals surface area contributed by atoms with Gasteiger partial charge in [0.05, 0.1) is 0 Å². The van der Waals surface area contributed by atoms with E-state index in [9.17, 15) is 0 Å². The first-order chi connectivity index (χ1) is 9.81. The number of hydrogen-bond acceptors (Lipinski definition) is 3. The maximum absolute atomic E-state index is 3.71. The molecular weight excluding hydrogens is 246 g/mol. The van der Waals surface area contributed by atoms with E-state index in [2.05, 4.69) is 22.0 Å². The molecule has 2 heterocycles. The van der Waals surface area contributed by atoms with Gasteiger partial charge >= 0.3 is 0 Å². The molecule has 2 saturated heterocycles. The fraction of sp³-hybridized carbons (Fsp3) is 1.00. The summed E-state index contributed by atoms with van der Waals surface area (Å²) < 4.78 is 0. The van der Waals surface area contributed by atoms with Crippen molar-refractivity contribution in [2.24, 2.45) is 11.8 Å². The topological polar surface area (TPSA) is 18.5 Å². The molecule has 1 unspecified atom stereocenters. The zero-order valence-corrected chi connectivity index (χ0v) is 13.3. The number of piperidine rings is 1. The van der Waals surface area contributed by atoms with Gasteiger partial charge in [-0.05, 0) is 83.5 Å². The van der Waals surface area contributed by atoms with Crippen LogP contribution >= 0.6 is 0 Å². The summed E-state index contributed by atoms with van der Waals surface area (Å²) in [5, 5.41) is 3.71. The molecule has 3 nitrogen and oxygen atoms in total. The first kappa shape index (κ1) is 14.8. The summed E-state index contributed by atoms with van der Waals surface area (Å²) in [7, 11) is 0. The third kappa shape index (κ3) is 4.44. The van der Waals surface area contributed by atoms with Gasteiger partial charge in [-0.25, -0.2) is 0 Å². The first-order valence-corrected chi connectivity index (χ1v) is 8.99. The van der Waals surface area contributed by atoms with Crippen molar-refractivity contribution in [2.75, 3.05) is 45.8 Å². The van der Waals surface area contributed by atoms with E-state index in [1.807, 2.05) is 0 Å². The molecule has 3 heteroatoms. The van der Waals surface area contributed by atoms with E-state index >= 15 is 0 Å². The molecule has 1 saturated carbocycles. The summed E-state index contributed by atoms with van der Waals surface area (Å²) in [4.78, 5) is 5.37. The van der Waals surface area contributed by atoms with Crippen LogP contribution in [0.4, 0.5) is 0 Å². The molecule has 0 amide bonds. The lowest BCUT2D eigenvalue weighted by atomic mass is 9.96. The second-order valence-corrected chi connectivity index (χ2v) is 7.37. The highest BCUT2D eigenvalue weighted by Gasteiger charge is 2.27. The minimum atomic E-state index is 0.753. The summed E-state index contributed by atoms with van der Waals surface area (Å²) in [5.74, 6) is 1.96. The van der Waals surface area contributed by atoms with Crippen molar-refractivity contribution in [3.63, 3.8) is 0 Å². The number of nitrogens with zero attached hydrogens (tertiary/aromatic N) is 2. The standard InChI is InChI=1S/C17H33N3/c1-15(17-4-5-17)18-8-13-19-11-6-16(7-12-19)14-20-9-2-3-10-20/h15-18H,2-14H2,1H3. The fourth-order valence-electron chi connectivity index (χ4n) is 3.94. The van der Waals surface area contributed by atoms with Crippen LogP contribution in [0.3, 0.4) is 0 Å². The van der Waals surface area contributed by atoms with Crippen molar-refractivity contribution >= 4 is 0 Å². The second kappa shape index (κ2) is 7.24. The van der Waals surface area contributed by atoms with Gasteiger partial charge in [0, 0.05) is 25.7 Å². The zero-order chi connectivity index (χ0) is 13.8. The van der Waals surface area contributed by atoms with Crippen LogP contribution in [0.5, 0.6) is 0 Å². The van der Waals surface area contributed by atoms with Crippen molar-refractivity contribution < 1.29 is 0 Å². The molecule has 3 rings (SSSR count). The highest BCUT2D eigenvalue weighted by Crippen LogP contribution is 2.32. The molecule has 1 atom stereocenters. The molecule has 0 radical (unpaired) electrons. The minimum Gasteiger partial charge on any atom is -0.313 e. The Morgan fingerprint density at radius 3 is 2.30 bits per heavy atom. The smallest absolute Gasteiger partial charge is 0.0107 e. The Balaban J connectivity index is 1.25. The van der Waals surface area contributed by atoms with Crippen LogP contribution in [0.2, 0.25) is 0 Å². The monoisotopic (exact) mass is 279 g/mol. The van der Waals surface area contributed by atoms with Gasteiger partial charge in [-0.3, -0.25) is 0 Å². The van der Waals surface area contributed by atoms with Crippen LogP contribution < -0.4 is 5.32 Å². The van der Waals surface area contributed by atoms with Crippen LogP contribution in [0, 0.1) is 11.8 Å². The van der Waals surface area contributed by atoms with Crippen molar-refractivity contribution in [2.45, 2.75) is 51.5 Å². The number of likely N-dealkylation sites (tertiary alicyclic amines) is 2. The van der Waals surface area contributed by atoms with E-state index in [-0.39, 0.29) is 0 Å². The number of hydrogen-bond donors (Lipinski definition) is 1. The Bertz CT molecular complexity index is 276. The van der Waals surface area contributed by atoms with Crippen molar-refractivity contribution in [1.29, 1.82) is 0 Å². The van der Waals surface area contributed by atoms with Crippen molar-refractivity contribution in [3.8, 4) is 0 Å². The molecule has 3 fully saturated rings. The molecule has 0 aromatic carbocycles. The van der Waals surface area contributed by atoms with E-state index in [1.54, 1.807) is 0 Å². The molecule has 3 aliphatic rings. The Hall–Kier alpha value is -0.120. The van der Waals surface area contributed by atoms with Crippen LogP contribution in [0.1, 0.15) is 45.4 Å². The van der Waals surface area contributed by atoms with E-state index in [0.29, 0.717) is 0 Å². The highest BCUT2D eigenvalue weighted by atomic mass is 15.2. The van der Waals surface area contributed by atoms with E-state index < -0.39 is 0 Å². The van der Waals surface area contributed by atoms with E-state index in [4.69, 9.17) is 0 Å². The number of nitrogens with one attached hydrogen (secondary N) is 1. The summed E-state index contributed by atoms with van der Waals surface area (Å²) in [6.45, 7) is 11.6. The average molecular weight is 279 g/mol. The third-order valence-electron chi connectivity index (χ3n) is 5.65. The molecule has 1 N–H and O–H groups in total. The molecule has 116 valence electrons. The first-order valence-electron chi connectivity index (χ1n) is 8.99. The summed E-state index contributed by atoms with van der Waals surface area (Å²) in [6, 6.07) is 0.753. The maximum Gasteiger partial charge on any atom is 0.0107 e. The van der Waals surface area contributed by atoms with Crippen molar-refractivity contribution in [1.82, 2.24) is 15.1 Å². The molecule has 0 spiro atoms. The van der Waals surface area contributed by atoms with Gasteiger partial charge in [-0.1, -0.05) is 0 Å².